The van der Waals surface area contributed by atoms with Crippen LogP contribution in [0.3, 0.4) is 0 Å². The summed E-state index contributed by atoms with van der Waals surface area (Å²) >= 11 is 0. The van der Waals surface area contributed by atoms with E-state index in [0.717, 1.165) is 27.8 Å². The SMILES string of the molecule is CCOC(=O)C(NC(=O)OCC1c2ccccc2-c2ccccc21)C(=O)N[C@@H](C(=O)O)[C@H](C)OCc1ccccc1. The van der Waals surface area contributed by atoms with Crippen LogP contribution in [0.5, 0.6) is 0 Å². The Labute approximate surface area is 237 Å². The number of rotatable bonds is 12. The Balaban J connectivity index is 1.41. The number of hydrogen-bond donors (Lipinski definition) is 3. The van der Waals surface area contributed by atoms with Crippen molar-refractivity contribution in [1.82, 2.24) is 10.6 Å². The molecule has 0 radical (unpaired) electrons. The topological polar surface area (TPSA) is 140 Å². The highest BCUT2D eigenvalue weighted by molar-refractivity contribution is 6.05. The Morgan fingerprint density at radius 2 is 1.41 bits per heavy atom. The van der Waals surface area contributed by atoms with E-state index in [1.54, 1.807) is 6.92 Å². The maximum Gasteiger partial charge on any atom is 0.408 e. The number of carboxylic acid groups (broad SMARTS) is 1. The normalized spacial score (nSPS) is 14.1. The van der Waals surface area contributed by atoms with Crippen molar-refractivity contribution in [3.63, 3.8) is 0 Å². The van der Waals surface area contributed by atoms with Crippen LogP contribution in [0.25, 0.3) is 11.1 Å². The molecule has 3 aromatic rings. The molecular formula is C31H32N2O8. The van der Waals surface area contributed by atoms with Gasteiger partial charge in [0.25, 0.3) is 5.91 Å². The number of fused-ring (bicyclic) bond motifs is 3. The molecule has 214 valence electrons. The number of alkyl carbamates (subject to hydrolysis) is 1. The number of amides is 2. The van der Waals surface area contributed by atoms with Gasteiger partial charge in [-0.15, -0.1) is 0 Å². The minimum Gasteiger partial charge on any atom is -0.480 e. The van der Waals surface area contributed by atoms with Gasteiger partial charge in [0.15, 0.2) is 6.04 Å². The minimum atomic E-state index is -1.84. The molecule has 0 spiro atoms. The van der Waals surface area contributed by atoms with Crippen LogP contribution in [0.2, 0.25) is 0 Å². The third kappa shape index (κ3) is 7.09. The number of carbonyl (C=O) groups is 4. The van der Waals surface area contributed by atoms with Crippen LogP contribution in [0, 0.1) is 0 Å². The van der Waals surface area contributed by atoms with Gasteiger partial charge in [0, 0.05) is 5.92 Å². The first-order chi connectivity index (χ1) is 19.8. The Morgan fingerprint density at radius 1 is 0.829 bits per heavy atom. The lowest BCUT2D eigenvalue weighted by atomic mass is 9.98. The number of nitrogens with one attached hydrogen (secondary N) is 2. The van der Waals surface area contributed by atoms with Crippen molar-refractivity contribution in [2.75, 3.05) is 13.2 Å². The van der Waals surface area contributed by atoms with Crippen LogP contribution >= 0.6 is 0 Å². The monoisotopic (exact) mass is 560 g/mol. The number of carboxylic acids is 1. The summed E-state index contributed by atoms with van der Waals surface area (Å²) in [5.41, 5.74) is 4.90. The summed E-state index contributed by atoms with van der Waals surface area (Å²) in [6.45, 7) is 3.04. The summed E-state index contributed by atoms with van der Waals surface area (Å²) < 4.78 is 16.1. The van der Waals surface area contributed by atoms with Crippen molar-refractivity contribution in [3.8, 4) is 11.1 Å². The number of ether oxygens (including phenoxy) is 3. The molecule has 4 rings (SSSR count). The van der Waals surface area contributed by atoms with Crippen molar-refractivity contribution in [2.45, 2.75) is 44.6 Å². The molecule has 41 heavy (non-hydrogen) atoms. The smallest absolute Gasteiger partial charge is 0.408 e. The molecule has 1 aliphatic rings. The third-order valence-electron chi connectivity index (χ3n) is 6.78. The fourth-order valence-electron chi connectivity index (χ4n) is 4.73. The zero-order chi connectivity index (χ0) is 29.4. The van der Waals surface area contributed by atoms with E-state index in [1.165, 1.54) is 6.92 Å². The summed E-state index contributed by atoms with van der Waals surface area (Å²) in [4.78, 5) is 50.4. The summed E-state index contributed by atoms with van der Waals surface area (Å²) in [7, 11) is 0. The number of carbonyl (C=O) groups excluding carboxylic acids is 3. The van der Waals surface area contributed by atoms with Gasteiger partial charge < -0.3 is 24.6 Å². The molecule has 0 fully saturated rings. The second-order valence-electron chi connectivity index (χ2n) is 9.48. The van der Waals surface area contributed by atoms with Gasteiger partial charge in [0.2, 0.25) is 6.04 Å². The predicted octanol–water partition coefficient (Wildman–Crippen LogP) is 3.63. The molecule has 3 aromatic carbocycles. The van der Waals surface area contributed by atoms with Crippen LogP contribution in [0.15, 0.2) is 78.9 Å². The second kappa shape index (κ2) is 13.6. The molecule has 0 aliphatic heterocycles. The van der Waals surface area contributed by atoms with Crippen LogP contribution < -0.4 is 10.6 Å². The summed E-state index contributed by atoms with van der Waals surface area (Å²) in [5, 5.41) is 14.3. The Kier molecular flexibility index (Phi) is 9.70. The van der Waals surface area contributed by atoms with Crippen LogP contribution in [0.1, 0.15) is 36.5 Å². The molecular weight excluding hydrogens is 528 g/mol. The van der Waals surface area contributed by atoms with Gasteiger partial charge in [-0.25, -0.2) is 14.4 Å². The molecule has 3 N–H and O–H groups in total. The van der Waals surface area contributed by atoms with Crippen LogP contribution in [0.4, 0.5) is 4.79 Å². The van der Waals surface area contributed by atoms with Gasteiger partial charge in [0.1, 0.15) is 6.61 Å². The van der Waals surface area contributed by atoms with Gasteiger partial charge in [0.05, 0.1) is 19.3 Å². The Bertz CT molecular complexity index is 1350. The van der Waals surface area contributed by atoms with Gasteiger partial charge in [-0.3, -0.25) is 10.1 Å². The van der Waals surface area contributed by atoms with E-state index in [4.69, 9.17) is 14.2 Å². The van der Waals surface area contributed by atoms with E-state index >= 15 is 0 Å². The molecule has 3 atom stereocenters. The molecule has 10 nitrogen and oxygen atoms in total. The van der Waals surface area contributed by atoms with Crippen LogP contribution in [-0.4, -0.2) is 60.4 Å². The maximum absolute atomic E-state index is 13.1. The van der Waals surface area contributed by atoms with Crippen molar-refractivity contribution >= 4 is 23.9 Å². The molecule has 10 heteroatoms. The Morgan fingerprint density at radius 3 is 2.00 bits per heavy atom. The van der Waals surface area contributed by atoms with Crippen LogP contribution in [-0.2, 0) is 35.2 Å². The first kappa shape index (κ1) is 29.3. The molecule has 1 unspecified atom stereocenters. The van der Waals surface area contributed by atoms with Crippen molar-refractivity contribution in [3.05, 3.63) is 95.6 Å². The fraction of sp³-hybridized carbons (Fsp3) is 0.290. The largest absolute Gasteiger partial charge is 0.480 e. The van der Waals surface area contributed by atoms with Gasteiger partial charge in [-0.2, -0.15) is 0 Å². The molecule has 0 aromatic heterocycles. The minimum absolute atomic E-state index is 0.0425. The third-order valence-corrected chi connectivity index (χ3v) is 6.78. The lowest BCUT2D eigenvalue weighted by molar-refractivity contribution is -0.152. The van der Waals surface area contributed by atoms with Gasteiger partial charge in [-0.1, -0.05) is 78.9 Å². The molecule has 0 heterocycles. The number of aliphatic carboxylic acids is 1. The lowest BCUT2D eigenvalue weighted by Gasteiger charge is -2.24. The summed E-state index contributed by atoms with van der Waals surface area (Å²) in [6, 6.07) is 21.4. The van der Waals surface area contributed by atoms with E-state index in [-0.39, 0.29) is 25.7 Å². The van der Waals surface area contributed by atoms with E-state index in [9.17, 15) is 24.3 Å². The zero-order valence-corrected chi connectivity index (χ0v) is 22.7. The average Bonchev–Trinajstić information content (AvgIpc) is 3.30. The maximum atomic E-state index is 13.1. The van der Waals surface area contributed by atoms with Gasteiger partial charge >= 0.3 is 18.0 Å². The number of hydrogen-bond acceptors (Lipinski definition) is 7. The Hall–Kier alpha value is -4.70. The predicted molar refractivity (Wildman–Crippen MR) is 149 cm³/mol. The van der Waals surface area contributed by atoms with Crippen molar-refractivity contribution in [2.24, 2.45) is 0 Å². The molecule has 2 amide bonds. The number of benzene rings is 3. The zero-order valence-electron chi connectivity index (χ0n) is 22.7. The second-order valence-corrected chi connectivity index (χ2v) is 9.48. The lowest BCUT2D eigenvalue weighted by Crippen LogP contribution is -2.58. The molecule has 1 aliphatic carbocycles. The molecule has 0 bridgehead atoms. The fourth-order valence-corrected chi connectivity index (χ4v) is 4.73. The van der Waals surface area contributed by atoms with Crippen molar-refractivity contribution < 1.29 is 38.5 Å². The van der Waals surface area contributed by atoms with E-state index < -0.39 is 42.1 Å². The quantitative estimate of drug-likeness (QED) is 0.225. The van der Waals surface area contributed by atoms with E-state index in [2.05, 4.69) is 10.6 Å². The average molecular weight is 561 g/mol. The highest BCUT2D eigenvalue weighted by atomic mass is 16.6. The first-order valence-electron chi connectivity index (χ1n) is 13.3. The summed E-state index contributed by atoms with van der Waals surface area (Å²) in [5.74, 6) is -3.73. The van der Waals surface area contributed by atoms with E-state index in [0.29, 0.717) is 0 Å². The standard InChI is InChI=1S/C31H32N2O8/c1-3-39-30(37)27(28(34)32-26(29(35)36)19(2)40-17-20-11-5-4-6-12-20)33-31(38)41-18-25-23-15-9-7-13-21(23)22-14-8-10-16-24(22)25/h4-16,19,25-27H,3,17-18H2,1-2H3,(H,32,34)(H,33,38)(H,35,36)/t19-,26+,27?/m0/s1. The number of esters is 1. The van der Waals surface area contributed by atoms with Crippen molar-refractivity contribution in [1.29, 1.82) is 0 Å². The molecule has 0 saturated carbocycles. The highest BCUT2D eigenvalue weighted by Gasteiger charge is 2.36. The van der Waals surface area contributed by atoms with Gasteiger partial charge in [-0.05, 0) is 41.7 Å². The van der Waals surface area contributed by atoms with E-state index in [1.807, 2.05) is 78.9 Å². The summed E-state index contributed by atoms with van der Waals surface area (Å²) in [6.07, 6.45) is -1.99. The first-order valence-corrected chi connectivity index (χ1v) is 13.3. The molecule has 0 saturated heterocycles. The highest BCUT2D eigenvalue weighted by Crippen LogP contribution is 2.44.